The van der Waals surface area contributed by atoms with Crippen molar-refractivity contribution < 1.29 is 19.5 Å². The lowest BCUT2D eigenvalue weighted by Crippen LogP contribution is -2.22. The summed E-state index contributed by atoms with van der Waals surface area (Å²) in [6.07, 6.45) is 3.00. The van der Waals surface area contributed by atoms with Gasteiger partial charge in [0, 0.05) is 34.6 Å². The number of carboxylic acid groups (broad SMARTS) is 1. The van der Waals surface area contributed by atoms with Crippen molar-refractivity contribution in [3.05, 3.63) is 88.5 Å². The first kappa shape index (κ1) is 16.0. The third kappa shape index (κ3) is 2.27. The average molecular weight is 346 g/mol. The maximum absolute atomic E-state index is 12.8. The highest BCUT2D eigenvalue weighted by molar-refractivity contribution is 6.28. The largest absolute Gasteiger partial charge is 0.475 e. The van der Waals surface area contributed by atoms with Gasteiger partial charge < -0.3 is 9.67 Å². The Bertz CT molecular complexity index is 1080. The number of carboxylic acids is 1. The molecule has 6 heteroatoms. The van der Waals surface area contributed by atoms with Gasteiger partial charge in [-0.3, -0.25) is 9.59 Å². The van der Waals surface area contributed by atoms with E-state index in [-0.39, 0.29) is 23.4 Å². The van der Waals surface area contributed by atoms with Crippen LogP contribution in [0.4, 0.5) is 0 Å². The fourth-order valence-electron chi connectivity index (χ4n) is 3.33. The molecule has 3 aromatic rings. The smallest absolute Gasteiger partial charge is 0.372 e. The minimum atomic E-state index is -1.13. The molecular formula is C20H14N2O4. The summed E-state index contributed by atoms with van der Waals surface area (Å²) in [4.78, 5) is 40.6. The Labute approximate surface area is 148 Å². The van der Waals surface area contributed by atoms with Gasteiger partial charge in [0.1, 0.15) is 0 Å². The predicted molar refractivity (Wildman–Crippen MR) is 92.7 cm³/mol. The molecule has 0 aliphatic heterocycles. The third-order valence-corrected chi connectivity index (χ3v) is 4.71. The summed E-state index contributed by atoms with van der Waals surface area (Å²) in [6, 6.07) is 11.5. The van der Waals surface area contributed by atoms with Gasteiger partial charge in [0.25, 0.3) is 0 Å². The highest BCUT2D eigenvalue weighted by Gasteiger charge is 2.30. The summed E-state index contributed by atoms with van der Waals surface area (Å²) in [5.41, 5.74) is 2.24. The van der Waals surface area contributed by atoms with E-state index in [1.54, 1.807) is 48.7 Å². The highest BCUT2D eigenvalue weighted by Crippen LogP contribution is 2.30. The Hall–Kier alpha value is -3.54. The van der Waals surface area contributed by atoms with Crippen molar-refractivity contribution in [2.24, 2.45) is 0 Å². The van der Waals surface area contributed by atoms with E-state index in [0.717, 1.165) is 5.56 Å². The third-order valence-electron chi connectivity index (χ3n) is 4.71. The lowest BCUT2D eigenvalue weighted by molar-refractivity contribution is 0.0676. The molecule has 1 unspecified atom stereocenters. The Morgan fingerprint density at radius 3 is 2.27 bits per heavy atom. The number of nitrogens with zero attached hydrogens (tertiary/aromatic N) is 2. The van der Waals surface area contributed by atoms with Crippen LogP contribution in [0.3, 0.4) is 0 Å². The Kier molecular flexibility index (Phi) is 3.54. The second-order valence-electron chi connectivity index (χ2n) is 6.15. The van der Waals surface area contributed by atoms with E-state index in [2.05, 4.69) is 4.98 Å². The van der Waals surface area contributed by atoms with Gasteiger partial charge in [0.05, 0.1) is 6.04 Å². The van der Waals surface area contributed by atoms with Gasteiger partial charge in [-0.15, -0.1) is 0 Å². The number of hydrogen-bond donors (Lipinski definition) is 1. The van der Waals surface area contributed by atoms with Crippen molar-refractivity contribution in [3.63, 3.8) is 0 Å². The fourth-order valence-corrected chi connectivity index (χ4v) is 3.33. The van der Waals surface area contributed by atoms with Crippen LogP contribution in [0.5, 0.6) is 0 Å². The van der Waals surface area contributed by atoms with Crippen molar-refractivity contribution in [1.82, 2.24) is 9.55 Å². The number of benzene rings is 2. The van der Waals surface area contributed by atoms with Crippen LogP contribution in [0.2, 0.25) is 0 Å². The van der Waals surface area contributed by atoms with Gasteiger partial charge >= 0.3 is 5.97 Å². The summed E-state index contributed by atoms with van der Waals surface area (Å²) in [7, 11) is 0. The van der Waals surface area contributed by atoms with E-state index in [4.69, 9.17) is 0 Å². The van der Waals surface area contributed by atoms with Gasteiger partial charge in [-0.1, -0.05) is 30.3 Å². The molecule has 128 valence electrons. The summed E-state index contributed by atoms with van der Waals surface area (Å²) in [6.45, 7) is 1.82. The summed E-state index contributed by atoms with van der Waals surface area (Å²) in [5, 5.41) is 9.25. The molecule has 2 aromatic carbocycles. The van der Waals surface area contributed by atoms with Crippen molar-refractivity contribution in [2.75, 3.05) is 0 Å². The zero-order chi connectivity index (χ0) is 18.4. The van der Waals surface area contributed by atoms with Crippen LogP contribution in [0, 0.1) is 0 Å². The first-order valence-corrected chi connectivity index (χ1v) is 8.07. The summed E-state index contributed by atoms with van der Waals surface area (Å²) >= 11 is 0. The molecule has 26 heavy (non-hydrogen) atoms. The van der Waals surface area contributed by atoms with Crippen LogP contribution < -0.4 is 0 Å². The molecule has 0 amide bonds. The average Bonchev–Trinajstić information content (AvgIpc) is 3.15. The maximum Gasteiger partial charge on any atom is 0.372 e. The predicted octanol–water partition coefficient (Wildman–Crippen LogP) is 2.97. The SMILES string of the molecule is CC(c1ccc2c(c1)C(=O)c1ccccc1C2=O)n1ccnc1C(=O)O. The minimum Gasteiger partial charge on any atom is -0.475 e. The lowest BCUT2D eigenvalue weighted by Gasteiger charge is -2.21. The van der Waals surface area contributed by atoms with Gasteiger partial charge in [0.15, 0.2) is 11.6 Å². The molecule has 6 nitrogen and oxygen atoms in total. The van der Waals surface area contributed by atoms with Crippen LogP contribution in [-0.2, 0) is 0 Å². The molecule has 4 rings (SSSR count). The van der Waals surface area contributed by atoms with E-state index in [0.29, 0.717) is 22.3 Å². The van der Waals surface area contributed by atoms with Gasteiger partial charge in [0.2, 0.25) is 5.82 Å². The number of carbonyl (C=O) groups excluding carboxylic acids is 2. The zero-order valence-corrected chi connectivity index (χ0v) is 13.8. The molecule has 0 fully saturated rings. The van der Waals surface area contributed by atoms with Crippen LogP contribution in [-0.4, -0.2) is 32.2 Å². The number of carbonyl (C=O) groups is 3. The van der Waals surface area contributed by atoms with E-state index in [1.807, 2.05) is 6.92 Å². The van der Waals surface area contributed by atoms with Gasteiger partial charge in [-0.05, 0) is 24.6 Å². The number of imidazole rings is 1. The van der Waals surface area contributed by atoms with Crippen LogP contribution in [0.1, 0.15) is 61.0 Å². The number of rotatable bonds is 3. The van der Waals surface area contributed by atoms with Crippen molar-refractivity contribution in [3.8, 4) is 0 Å². The lowest BCUT2D eigenvalue weighted by atomic mass is 9.83. The molecule has 0 radical (unpaired) electrons. The standard InChI is InChI=1S/C20H14N2O4/c1-11(22-9-8-21-19(22)20(25)26)12-6-7-15-16(10-12)18(24)14-5-3-2-4-13(14)17(15)23/h2-11H,1H3,(H,25,26). The van der Waals surface area contributed by atoms with Crippen molar-refractivity contribution in [1.29, 1.82) is 0 Å². The summed E-state index contributed by atoms with van der Waals surface area (Å²) in [5.74, 6) is -1.58. The van der Waals surface area contributed by atoms with Crippen molar-refractivity contribution >= 4 is 17.5 Å². The number of ketones is 2. The molecule has 1 N–H and O–H groups in total. The fraction of sp³-hybridized carbons (Fsp3) is 0.100. The normalized spacial score (nSPS) is 13.9. The molecule has 1 atom stereocenters. The van der Waals surface area contributed by atoms with Crippen molar-refractivity contribution in [2.45, 2.75) is 13.0 Å². The first-order valence-electron chi connectivity index (χ1n) is 8.07. The number of aromatic carboxylic acids is 1. The van der Waals surface area contributed by atoms with E-state index in [1.165, 1.54) is 10.8 Å². The van der Waals surface area contributed by atoms with E-state index >= 15 is 0 Å². The zero-order valence-electron chi connectivity index (χ0n) is 13.8. The molecule has 1 aliphatic carbocycles. The Morgan fingerprint density at radius 2 is 1.62 bits per heavy atom. The molecule has 1 aromatic heterocycles. The van der Waals surface area contributed by atoms with Crippen LogP contribution in [0.25, 0.3) is 0 Å². The molecule has 0 saturated heterocycles. The Balaban J connectivity index is 1.81. The minimum absolute atomic E-state index is 0.0806. The quantitative estimate of drug-likeness (QED) is 0.616. The second-order valence-corrected chi connectivity index (χ2v) is 6.15. The highest BCUT2D eigenvalue weighted by atomic mass is 16.4. The van der Waals surface area contributed by atoms with Crippen LogP contribution in [0.15, 0.2) is 54.9 Å². The van der Waals surface area contributed by atoms with E-state index < -0.39 is 5.97 Å². The molecule has 0 saturated carbocycles. The second kappa shape index (κ2) is 5.77. The number of aromatic nitrogens is 2. The number of hydrogen-bond acceptors (Lipinski definition) is 4. The molecule has 0 bridgehead atoms. The van der Waals surface area contributed by atoms with Gasteiger partial charge in [-0.25, -0.2) is 9.78 Å². The summed E-state index contributed by atoms with van der Waals surface area (Å²) < 4.78 is 1.52. The molecule has 0 spiro atoms. The maximum atomic E-state index is 12.8. The molecule has 1 aliphatic rings. The van der Waals surface area contributed by atoms with Crippen LogP contribution >= 0.6 is 0 Å². The first-order chi connectivity index (χ1) is 12.5. The Morgan fingerprint density at radius 1 is 1.00 bits per heavy atom. The van der Waals surface area contributed by atoms with E-state index in [9.17, 15) is 19.5 Å². The molecular weight excluding hydrogens is 332 g/mol. The monoisotopic (exact) mass is 346 g/mol. The van der Waals surface area contributed by atoms with Gasteiger partial charge in [-0.2, -0.15) is 0 Å². The molecule has 1 heterocycles. The topological polar surface area (TPSA) is 89.3 Å². The number of fused-ring (bicyclic) bond motifs is 2.